The summed E-state index contributed by atoms with van der Waals surface area (Å²) in [5.74, 6) is -2.63. The summed E-state index contributed by atoms with van der Waals surface area (Å²) < 4.78 is 0. The number of aromatic nitrogens is 1. The zero-order chi connectivity index (χ0) is 20.1. The molecule has 1 aromatic heterocycles. The molecule has 1 saturated carbocycles. The van der Waals surface area contributed by atoms with Gasteiger partial charge in [0.1, 0.15) is 0 Å². The Morgan fingerprint density at radius 3 is 2.64 bits per heavy atom. The average molecular weight is 379 g/mol. The van der Waals surface area contributed by atoms with Gasteiger partial charge >= 0.3 is 5.97 Å². The molecule has 2 aromatic rings. The van der Waals surface area contributed by atoms with E-state index in [9.17, 15) is 19.5 Å². The van der Waals surface area contributed by atoms with Crippen molar-refractivity contribution in [3.63, 3.8) is 0 Å². The highest BCUT2D eigenvalue weighted by molar-refractivity contribution is 6.08. The van der Waals surface area contributed by atoms with Crippen LogP contribution < -0.4 is 10.2 Å². The van der Waals surface area contributed by atoms with Gasteiger partial charge in [-0.3, -0.25) is 19.4 Å². The van der Waals surface area contributed by atoms with Crippen LogP contribution in [-0.2, 0) is 16.0 Å². The molecule has 1 aromatic carbocycles. The Bertz CT molecular complexity index is 971. The van der Waals surface area contributed by atoms with E-state index in [4.69, 9.17) is 0 Å². The highest BCUT2D eigenvalue weighted by Crippen LogP contribution is 2.58. The number of aliphatic carboxylic acids is 1. The Hall–Kier alpha value is -3.22. The number of anilines is 2. The van der Waals surface area contributed by atoms with Crippen LogP contribution in [0.5, 0.6) is 0 Å². The molecule has 0 saturated heterocycles. The fourth-order valence-electron chi connectivity index (χ4n) is 4.12. The van der Waals surface area contributed by atoms with Crippen LogP contribution >= 0.6 is 0 Å². The SMILES string of the molecule is CC1(C)[C@H](C(=O)O)[C@@H]1C(=O)Nc1ccc2c(c1)N(C(=O)c1cccnc1)CC2. The highest BCUT2D eigenvalue weighted by atomic mass is 16.4. The number of fused-ring (bicyclic) bond motifs is 1. The van der Waals surface area contributed by atoms with E-state index >= 15 is 0 Å². The Morgan fingerprint density at radius 1 is 1.21 bits per heavy atom. The first-order valence-electron chi connectivity index (χ1n) is 9.19. The number of carboxylic acid groups (broad SMARTS) is 1. The molecule has 2 heterocycles. The third-order valence-corrected chi connectivity index (χ3v) is 5.78. The van der Waals surface area contributed by atoms with Gasteiger partial charge in [-0.2, -0.15) is 0 Å². The lowest BCUT2D eigenvalue weighted by Gasteiger charge is -2.18. The summed E-state index contributed by atoms with van der Waals surface area (Å²) in [6.45, 7) is 4.14. The van der Waals surface area contributed by atoms with E-state index in [2.05, 4.69) is 10.3 Å². The number of amides is 2. The normalized spacial score (nSPS) is 21.7. The zero-order valence-electron chi connectivity index (χ0n) is 15.7. The van der Waals surface area contributed by atoms with Gasteiger partial charge in [0.05, 0.1) is 17.4 Å². The van der Waals surface area contributed by atoms with Gasteiger partial charge in [-0.05, 0) is 41.7 Å². The number of pyridine rings is 1. The van der Waals surface area contributed by atoms with Crippen molar-refractivity contribution in [3.8, 4) is 0 Å². The molecule has 1 fully saturated rings. The molecular weight excluding hydrogens is 358 g/mol. The van der Waals surface area contributed by atoms with E-state index in [0.29, 0.717) is 17.8 Å². The largest absolute Gasteiger partial charge is 0.481 e. The number of benzene rings is 1. The Balaban J connectivity index is 1.54. The zero-order valence-corrected chi connectivity index (χ0v) is 15.7. The van der Waals surface area contributed by atoms with Crippen molar-refractivity contribution >= 4 is 29.2 Å². The molecule has 0 bridgehead atoms. The maximum atomic E-state index is 12.8. The summed E-state index contributed by atoms with van der Waals surface area (Å²) in [6, 6.07) is 8.91. The Morgan fingerprint density at radius 2 is 2.00 bits per heavy atom. The van der Waals surface area contributed by atoms with Crippen molar-refractivity contribution in [1.82, 2.24) is 4.98 Å². The summed E-state index contributed by atoms with van der Waals surface area (Å²) in [5, 5.41) is 12.1. The molecule has 1 aliphatic heterocycles. The fourth-order valence-corrected chi connectivity index (χ4v) is 4.12. The number of carbonyl (C=O) groups excluding carboxylic acids is 2. The van der Waals surface area contributed by atoms with Crippen LogP contribution in [0.1, 0.15) is 29.8 Å². The lowest BCUT2D eigenvalue weighted by Crippen LogP contribution is -2.29. The van der Waals surface area contributed by atoms with Crippen LogP contribution in [0.4, 0.5) is 11.4 Å². The minimum absolute atomic E-state index is 0.135. The van der Waals surface area contributed by atoms with Gasteiger partial charge in [-0.25, -0.2) is 0 Å². The average Bonchev–Trinajstić information content (AvgIpc) is 3.04. The van der Waals surface area contributed by atoms with E-state index in [1.807, 2.05) is 6.07 Å². The maximum Gasteiger partial charge on any atom is 0.307 e. The minimum Gasteiger partial charge on any atom is -0.481 e. The third kappa shape index (κ3) is 2.93. The number of hydrogen-bond acceptors (Lipinski definition) is 4. The molecule has 4 rings (SSSR count). The standard InChI is InChI=1S/C21H21N3O4/c1-21(2)16(17(21)20(27)28)18(25)23-14-6-5-12-7-9-24(15(12)10-14)19(26)13-4-3-8-22-11-13/h3-6,8,10-11,16-17H,7,9H2,1-2H3,(H,23,25)(H,27,28)/t16-,17+/m1/s1. The van der Waals surface area contributed by atoms with E-state index in [-0.39, 0.29) is 11.8 Å². The number of nitrogens with zero attached hydrogens (tertiary/aromatic N) is 2. The van der Waals surface area contributed by atoms with Crippen LogP contribution in [0.2, 0.25) is 0 Å². The van der Waals surface area contributed by atoms with Gasteiger partial charge < -0.3 is 15.3 Å². The van der Waals surface area contributed by atoms with Gasteiger partial charge in [0.25, 0.3) is 5.91 Å². The van der Waals surface area contributed by atoms with Crippen LogP contribution in [0.15, 0.2) is 42.7 Å². The number of rotatable bonds is 4. The van der Waals surface area contributed by atoms with Crippen LogP contribution in [0.25, 0.3) is 0 Å². The number of hydrogen-bond donors (Lipinski definition) is 2. The molecule has 2 aliphatic rings. The van der Waals surface area contributed by atoms with Crippen molar-refractivity contribution in [2.75, 3.05) is 16.8 Å². The van der Waals surface area contributed by atoms with Crippen molar-refractivity contribution < 1.29 is 19.5 Å². The molecule has 0 radical (unpaired) electrons. The lowest BCUT2D eigenvalue weighted by atomic mass is 10.1. The molecule has 0 unspecified atom stereocenters. The van der Waals surface area contributed by atoms with Crippen LogP contribution in [-0.4, -0.2) is 34.4 Å². The smallest absolute Gasteiger partial charge is 0.307 e. The van der Waals surface area contributed by atoms with Crippen LogP contribution in [0, 0.1) is 17.3 Å². The first-order valence-corrected chi connectivity index (χ1v) is 9.19. The van der Waals surface area contributed by atoms with Gasteiger partial charge in [0.2, 0.25) is 5.91 Å². The molecule has 7 nitrogen and oxygen atoms in total. The molecule has 28 heavy (non-hydrogen) atoms. The molecule has 2 amide bonds. The van der Waals surface area contributed by atoms with E-state index in [1.54, 1.807) is 49.2 Å². The first kappa shape index (κ1) is 18.2. The molecule has 1 aliphatic carbocycles. The number of carboxylic acids is 1. The quantitative estimate of drug-likeness (QED) is 0.851. The minimum atomic E-state index is -0.952. The lowest BCUT2D eigenvalue weighted by molar-refractivity contribution is -0.140. The number of nitrogens with one attached hydrogen (secondary N) is 1. The highest BCUT2D eigenvalue weighted by Gasteiger charge is 2.65. The second kappa shape index (κ2) is 6.44. The topological polar surface area (TPSA) is 99.6 Å². The summed E-state index contributed by atoms with van der Waals surface area (Å²) in [4.78, 5) is 42.4. The summed E-state index contributed by atoms with van der Waals surface area (Å²) in [5.41, 5.74) is 2.30. The third-order valence-electron chi connectivity index (χ3n) is 5.78. The van der Waals surface area contributed by atoms with Crippen LogP contribution in [0.3, 0.4) is 0 Å². The molecule has 0 spiro atoms. The van der Waals surface area contributed by atoms with E-state index in [1.165, 1.54) is 6.20 Å². The number of carbonyl (C=O) groups is 3. The molecule has 2 atom stereocenters. The van der Waals surface area contributed by atoms with Gasteiger partial charge in [0, 0.05) is 30.3 Å². The fraction of sp³-hybridized carbons (Fsp3) is 0.333. The summed E-state index contributed by atoms with van der Waals surface area (Å²) >= 11 is 0. The maximum absolute atomic E-state index is 12.8. The van der Waals surface area contributed by atoms with Gasteiger partial charge in [0.15, 0.2) is 0 Å². The Labute approximate surface area is 162 Å². The molecular formula is C21H21N3O4. The second-order valence-electron chi connectivity index (χ2n) is 7.90. The Kier molecular flexibility index (Phi) is 4.18. The molecule has 2 N–H and O–H groups in total. The van der Waals surface area contributed by atoms with Crippen molar-refractivity contribution in [2.24, 2.45) is 17.3 Å². The summed E-state index contributed by atoms with van der Waals surface area (Å²) in [6.07, 6.45) is 3.89. The monoisotopic (exact) mass is 379 g/mol. The second-order valence-corrected chi connectivity index (χ2v) is 7.90. The van der Waals surface area contributed by atoms with Crippen molar-refractivity contribution in [3.05, 3.63) is 53.9 Å². The molecule has 7 heteroatoms. The predicted molar refractivity (Wildman–Crippen MR) is 103 cm³/mol. The van der Waals surface area contributed by atoms with Crippen molar-refractivity contribution in [2.45, 2.75) is 20.3 Å². The predicted octanol–water partition coefficient (Wildman–Crippen LogP) is 2.58. The van der Waals surface area contributed by atoms with Gasteiger partial charge in [-0.15, -0.1) is 0 Å². The van der Waals surface area contributed by atoms with Crippen molar-refractivity contribution in [1.29, 1.82) is 0 Å². The molecule has 144 valence electrons. The van der Waals surface area contributed by atoms with E-state index in [0.717, 1.165) is 17.7 Å². The first-order chi connectivity index (χ1) is 13.3. The van der Waals surface area contributed by atoms with Gasteiger partial charge in [-0.1, -0.05) is 19.9 Å². The van der Waals surface area contributed by atoms with E-state index < -0.39 is 23.2 Å². The summed E-state index contributed by atoms with van der Waals surface area (Å²) in [7, 11) is 0.